The van der Waals surface area contributed by atoms with Crippen LogP contribution in [0.2, 0.25) is 19.6 Å². The minimum atomic E-state index is -1.68. The lowest BCUT2D eigenvalue weighted by molar-refractivity contribution is 0.244. The summed E-state index contributed by atoms with van der Waals surface area (Å²) < 4.78 is 1.83. The molecule has 37 heavy (non-hydrogen) atoms. The lowest BCUT2D eigenvalue weighted by atomic mass is 10.1. The Morgan fingerprint density at radius 3 is 2.51 bits per heavy atom. The molecule has 1 fully saturated rings. The molecule has 0 atom stereocenters. The molecule has 0 bridgehead atoms. The number of carbonyl (C=O) groups is 1. The number of hydrogen-bond donors (Lipinski definition) is 4. The van der Waals surface area contributed by atoms with E-state index < -0.39 is 8.07 Å². The maximum atomic E-state index is 13.1. The molecule has 2 aromatic heterocycles. The first-order valence-electron chi connectivity index (χ1n) is 13.0. The first kappa shape index (κ1) is 25.3. The summed E-state index contributed by atoms with van der Waals surface area (Å²) in [5, 5.41) is 16.5. The number of benzene rings is 2. The average molecular weight is 516 g/mol. The fourth-order valence-corrected chi connectivity index (χ4v) is 5.64. The zero-order valence-electron chi connectivity index (χ0n) is 22.2. The maximum absolute atomic E-state index is 13.1. The number of piperazine rings is 1. The molecule has 1 aliphatic rings. The van der Waals surface area contributed by atoms with Crippen LogP contribution in [-0.4, -0.2) is 66.5 Å². The minimum absolute atomic E-state index is 0.285. The molecule has 0 radical (unpaired) electrons. The fourth-order valence-electron chi connectivity index (χ4n) is 4.67. The number of fused-ring (bicyclic) bond motifs is 1. The van der Waals surface area contributed by atoms with Crippen LogP contribution >= 0.6 is 0 Å². The van der Waals surface area contributed by atoms with Crippen LogP contribution in [0.4, 0.5) is 16.3 Å². The number of H-pyrrole nitrogens is 1. The van der Waals surface area contributed by atoms with Crippen LogP contribution in [0.1, 0.15) is 11.1 Å². The molecule has 1 aliphatic heterocycles. The summed E-state index contributed by atoms with van der Waals surface area (Å²) in [6.45, 7) is 14.2. The topological polar surface area (TPSA) is 90.0 Å². The third-order valence-corrected chi connectivity index (χ3v) is 8.71. The van der Waals surface area contributed by atoms with Gasteiger partial charge in [0.1, 0.15) is 5.82 Å². The molecule has 0 saturated carbocycles. The van der Waals surface area contributed by atoms with Crippen LogP contribution in [0.15, 0.2) is 54.7 Å². The van der Waals surface area contributed by atoms with Gasteiger partial charge in [0.05, 0.1) is 5.69 Å². The van der Waals surface area contributed by atoms with Crippen molar-refractivity contribution in [1.82, 2.24) is 25.0 Å². The van der Waals surface area contributed by atoms with Crippen molar-refractivity contribution in [3.8, 4) is 5.69 Å². The Labute approximate surface area is 219 Å². The van der Waals surface area contributed by atoms with Crippen LogP contribution in [-0.2, 0) is 6.42 Å². The highest BCUT2D eigenvalue weighted by Crippen LogP contribution is 2.24. The molecular weight excluding hydrogens is 478 g/mol. The van der Waals surface area contributed by atoms with Gasteiger partial charge in [0, 0.05) is 55.5 Å². The normalized spacial score (nSPS) is 14.7. The Balaban J connectivity index is 1.32. The highest BCUT2D eigenvalue weighted by molar-refractivity contribution is 6.88. The number of carbonyl (C=O) groups excluding carboxylic acids is 1. The Morgan fingerprint density at radius 1 is 1.03 bits per heavy atom. The molecule has 2 aromatic carbocycles. The van der Waals surface area contributed by atoms with E-state index in [0.717, 1.165) is 66.7 Å². The van der Waals surface area contributed by atoms with Crippen LogP contribution in [0, 0.1) is 6.92 Å². The quantitative estimate of drug-likeness (QED) is 0.276. The lowest BCUT2D eigenvalue weighted by Crippen LogP contribution is -2.44. The van der Waals surface area contributed by atoms with Crippen molar-refractivity contribution in [3.63, 3.8) is 0 Å². The molecule has 3 heterocycles. The van der Waals surface area contributed by atoms with Crippen LogP contribution in [0.5, 0.6) is 0 Å². The van der Waals surface area contributed by atoms with Gasteiger partial charge >= 0.3 is 6.03 Å². The van der Waals surface area contributed by atoms with Crippen LogP contribution in [0.25, 0.3) is 16.6 Å². The number of anilines is 2. The summed E-state index contributed by atoms with van der Waals surface area (Å²) in [4.78, 5) is 19.0. The van der Waals surface area contributed by atoms with Crippen molar-refractivity contribution in [2.45, 2.75) is 33.0 Å². The summed E-state index contributed by atoms with van der Waals surface area (Å²) in [7, 11) is -1.68. The number of hydrogen-bond acceptors (Lipinski definition) is 4. The predicted octanol–water partition coefficient (Wildman–Crippen LogP) is 4.30. The van der Waals surface area contributed by atoms with E-state index in [1.54, 1.807) is 0 Å². The number of aromatic nitrogens is 3. The molecule has 5 rings (SSSR count). The SMILES string of the molecule is Cc1ccc(-n2nc([Si-](C)(C)C)cc2NC(=O)Nc2ccc3[nH]cc(CCN4CCNCC4)c3c2)cc1. The summed E-state index contributed by atoms with van der Waals surface area (Å²) in [6, 6.07) is 15.9. The number of urea groups is 1. The third kappa shape index (κ3) is 5.95. The molecule has 195 valence electrons. The van der Waals surface area contributed by atoms with E-state index in [1.165, 1.54) is 11.1 Å². The Morgan fingerprint density at radius 2 is 1.78 bits per heavy atom. The highest BCUT2D eigenvalue weighted by Gasteiger charge is 2.16. The largest absolute Gasteiger partial charge is 0.361 e. The molecule has 4 N–H and O–H groups in total. The van der Waals surface area contributed by atoms with E-state index in [4.69, 9.17) is 5.10 Å². The first-order chi connectivity index (χ1) is 17.8. The van der Waals surface area contributed by atoms with Crippen molar-refractivity contribution >= 4 is 41.8 Å². The van der Waals surface area contributed by atoms with Gasteiger partial charge in [-0.1, -0.05) is 31.1 Å². The number of aromatic amines is 1. The first-order valence-corrected chi connectivity index (χ1v) is 16.5. The second-order valence-corrected chi connectivity index (χ2v) is 15.9. The molecule has 8 nitrogen and oxygen atoms in total. The second kappa shape index (κ2) is 10.5. The number of amides is 2. The Kier molecular flexibility index (Phi) is 7.19. The van der Waals surface area contributed by atoms with E-state index in [9.17, 15) is 4.79 Å². The number of nitrogens with zero attached hydrogens (tertiary/aromatic N) is 3. The van der Waals surface area contributed by atoms with E-state index in [1.807, 2.05) is 35.0 Å². The van der Waals surface area contributed by atoms with Crippen LogP contribution in [0.3, 0.4) is 0 Å². The maximum Gasteiger partial charge on any atom is 0.324 e. The van der Waals surface area contributed by atoms with Crippen molar-refractivity contribution in [3.05, 3.63) is 65.9 Å². The zero-order chi connectivity index (χ0) is 26.0. The highest BCUT2D eigenvalue weighted by atomic mass is 28.3. The van der Waals surface area contributed by atoms with Gasteiger partial charge < -0.3 is 20.5 Å². The van der Waals surface area contributed by atoms with Gasteiger partial charge in [-0.15, -0.1) is 0 Å². The van der Waals surface area contributed by atoms with Crippen molar-refractivity contribution in [1.29, 1.82) is 0 Å². The summed E-state index contributed by atoms with van der Waals surface area (Å²) in [5.41, 5.74) is 5.22. The summed E-state index contributed by atoms with van der Waals surface area (Å²) in [5.74, 6) is 0.665. The summed E-state index contributed by atoms with van der Waals surface area (Å²) in [6.07, 6.45) is 3.07. The van der Waals surface area contributed by atoms with Crippen molar-refractivity contribution in [2.75, 3.05) is 43.4 Å². The molecule has 4 aromatic rings. The summed E-state index contributed by atoms with van der Waals surface area (Å²) >= 11 is 0. The fraction of sp³-hybridized carbons (Fsp3) is 0.357. The monoisotopic (exact) mass is 515 g/mol. The van der Waals surface area contributed by atoms with E-state index in [-0.39, 0.29) is 6.03 Å². The number of nitrogens with one attached hydrogen (secondary N) is 4. The van der Waals surface area contributed by atoms with Gasteiger partial charge in [-0.3, -0.25) is 5.32 Å². The van der Waals surface area contributed by atoms with Gasteiger partial charge in [0.25, 0.3) is 0 Å². The smallest absolute Gasteiger partial charge is 0.324 e. The zero-order valence-corrected chi connectivity index (χ0v) is 23.2. The molecule has 9 heteroatoms. The van der Waals surface area contributed by atoms with Gasteiger partial charge in [-0.25, -0.2) is 14.6 Å². The molecule has 1 saturated heterocycles. The predicted molar refractivity (Wildman–Crippen MR) is 155 cm³/mol. The van der Waals surface area contributed by atoms with Gasteiger partial charge in [-0.2, -0.15) is 19.6 Å². The minimum Gasteiger partial charge on any atom is -0.361 e. The number of aryl methyl sites for hydroxylation is 1. The standard InChI is InChI=1S/C28H37N7OSi/c1-20-5-8-23(9-6-20)35-26(18-27(33-35)37(2,3)4)32-28(36)31-22-7-10-25-24(17-22)21(19-30-25)11-14-34-15-12-29-13-16-34/h5-10,17-19,29-30H,11-16H2,1-4H3,(H2,31,32,36)/q-1. The molecule has 2 amide bonds. The molecular formula is C28H37N7OSi-. The van der Waals surface area contributed by atoms with Gasteiger partial charge in [0.2, 0.25) is 0 Å². The number of rotatable bonds is 7. The van der Waals surface area contributed by atoms with E-state index in [0.29, 0.717) is 5.82 Å². The lowest BCUT2D eigenvalue weighted by Gasteiger charge is -2.26. The Hall–Kier alpha value is -3.40. The average Bonchev–Trinajstić information content (AvgIpc) is 3.48. The Bertz CT molecular complexity index is 1380. The second-order valence-electron chi connectivity index (χ2n) is 10.9. The molecule has 0 aliphatic carbocycles. The van der Waals surface area contributed by atoms with Gasteiger partial charge in [0.15, 0.2) is 0 Å². The van der Waals surface area contributed by atoms with Crippen LogP contribution < -0.4 is 21.3 Å². The van der Waals surface area contributed by atoms with Crippen molar-refractivity contribution < 1.29 is 4.79 Å². The van der Waals surface area contributed by atoms with Gasteiger partial charge in [-0.05, 0) is 55.3 Å². The van der Waals surface area contributed by atoms with E-state index >= 15 is 0 Å². The van der Waals surface area contributed by atoms with Crippen molar-refractivity contribution in [2.24, 2.45) is 0 Å². The third-order valence-electron chi connectivity index (χ3n) is 6.93. The molecule has 0 unspecified atom stereocenters. The van der Waals surface area contributed by atoms with E-state index in [2.05, 4.69) is 76.8 Å². The molecule has 0 spiro atoms.